The summed E-state index contributed by atoms with van der Waals surface area (Å²) in [5, 5.41) is 9.76. The molecule has 1 unspecified atom stereocenters. The molecule has 0 saturated heterocycles. The fourth-order valence-electron chi connectivity index (χ4n) is 2.84. The molecule has 1 aromatic carbocycles. The van der Waals surface area contributed by atoms with Crippen molar-refractivity contribution in [1.29, 1.82) is 0 Å². The number of phenolic OH excluding ortho intramolecular Hbond substituents is 1. The molecule has 116 valence electrons. The number of carbonyl (C=O) groups excluding carboxylic acids is 3. The minimum Gasteiger partial charge on any atom is -0.508 e. The van der Waals surface area contributed by atoms with Gasteiger partial charge in [0.15, 0.2) is 17.7 Å². The molecule has 6 nitrogen and oxygen atoms in total. The van der Waals surface area contributed by atoms with E-state index in [0.29, 0.717) is 12.0 Å². The van der Waals surface area contributed by atoms with Crippen LogP contribution in [0, 0.1) is 0 Å². The first-order chi connectivity index (χ1) is 10.4. The molecule has 22 heavy (non-hydrogen) atoms. The van der Waals surface area contributed by atoms with Crippen LogP contribution in [0.5, 0.6) is 11.5 Å². The van der Waals surface area contributed by atoms with Gasteiger partial charge in [0.25, 0.3) is 0 Å². The molecule has 1 N–H and O–H groups in total. The molecule has 0 radical (unpaired) electrons. The molecule has 4 bridgehead atoms. The highest BCUT2D eigenvalue weighted by atomic mass is 16.5. The van der Waals surface area contributed by atoms with Crippen molar-refractivity contribution < 1.29 is 29.0 Å². The van der Waals surface area contributed by atoms with Crippen molar-refractivity contribution in [2.24, 2.45) is 0 Å². The third-order valence-corrected chi connectivity index (χ3v) is 3.91. The van der Waals surface area contributed by atoms with Crippen molar-refractivity contribution in [3.63, 3.8) is 0 Å². The maximum Gasteiger partial charge on any atom is 0.310 e. The van der Waals surface area contributed by atoms with Crippen molar-refractivity contribution in [1.82, 2.24) is 0 Å². The van der Waals surface area contributed by atoms with Crippen molar-refractivity contribution in [3.8, 4) is 11.5 Å². The van der Waals surface area contributed by atoms with E-state index < -0.39 is 12.1 Å². The molecule has 0 fully saturated rings. The van der Waals surface area contributed by atoms with Gasteiger partial charge in [0, 0.05) is 12.5 Å². The average molecular weight is 304 g/mol. The van der Waals surface area contributed by atoms with Crippen molar-refractivity contribution >= 4 is 17.5 Å². The van der Waals surface area contributed by atoms with E-state index in [1.165, 1.54) is 12.1 Å². The van der Waals surface area contributed by atoms with Gasteiger partial charge in [0.05, 0.1) is 24.5 Å². The van der Waals surface area contributed by atoms with Crippen LogP contribution in [-0.4, -0.2) is 34.9 Å². The third kappa shape index (κ3) is 2.68. The van der Waals surface area contributed by atoms with Gasteiger partial charge in [-0.05, 0) is 25.0 Å². The first kappa shape index (κ1) is 14.6. The van der Waals surface area contributed by atoms with E-state index >= 15 is 0 Å². The summed E-state index contributed by atoms with van der Waals surface area (Å²) in [6, 6.07) is 2.66. The number of aromatic hydroxyl groups is 1. The summed E-state index contributed by atoms with van der Waals surface area (Å²) in [7, 11) is 0. The molecule has 0 spiro atoms. The molecular formula is C16H16O6. The number of ether oxygens (including phenoxy) is 2. The number of rotatable bonds is 0. The lowest BCUT2D eigenvalue weighted by atomic mass is 9.91. The lowest BCUT2D eigenvalue weighted by Gasteiger charge is -2.27. The lowest BCUT2D eigenvalue weighted by Crippen LogP contribution is -2.36. The van der Waals surface area contributed by atoms with Crippen LogP contribution >= 0.6 is 0 Å². The predicted molar refractivity (Wildman–Crippen MR) is 75.0 cm³/mol. The molecule has 0 aromatic heterocycles. The van der Waals surface area contributed by atoms with E-state index in [4.69, 9.17) is 9.47 Å². The lowest BCUT2D eigenvalue weighted by molar-refractivity contribution is -0.148. The van der Waals surface area contributed by atoms with E-state index in [2.05, 4.69) is 0 Å². The Morgan fingerprint density at radius 2 is 1.95 bits per heavy atom. The second-order valence-electron chi connectivity index (χ2n) is 5.69. The van der Waals surface area contributed by atoms with E-state index in [-0.39, 0.29) is 54.0 Å². The van der Waals surface area contributed by atoms with Gasteiger partial charge < -0.3 is 14.6 Å². The second-order valence-corrected chi connectivity index (χ2v) is 5.69. The third-order valence-electron chi connectivity index (χ3n) is 3.91. The molecule has 3 aliphatic heterocycles. The minimum absolute atomic E-state index is 0.0347. The number of phenols is 1. The fraction of sp³-hybridized carbons (Fsp3) is 0.438. The summed E-state index contributed by atoms with van der Waals surface area (Å²) >= 11 is 0. The van der Waals surface area contributed by atoms with E-state index in [1.54, 1.807) is 6.92 Å². The summed E-state index contributed by atoms with van der Waals surface area (Å²) in [6.45, 7) is 1.72. The maximum atomic E-state index is 12.3. The van der Waals surface area contributed by atoms with Gasteiger partial charge in [-0.25, -0.2) is 0 Å². The van der Waals surface area contributed by atoms with Crippen LogP contribution in [0.4, 0.5) is 0 Å². The topological polar surface area (TPSA) is 89.9 Å². The highest BCUT2D eigenvalue weighted by Crippen LogP contribution is 2.35. The molecule has 4 rings (SSSR count). The number of carbonyl (C=O) groups is 3. The fourth-order valence-corrected chi connectivity index (χ4v) is 2.84. The second kappa shape index (κ2) is 5.44. The van der Waals surface area contributed by atoms with Crippen LogP contribution in [0.2, 0.25) is 0 Å². The summed E-state index contributed by atoms with van der Waals surface area (Å²) < 4.78 is 10.8. The average Bonchev–Trinajstić information content (AvgIpc) is 2.42. The molecule has 0 saturated carbocycles. The number of hydrogen-bond acceptors (Lipinski definition) is 6. The standard InChI is InChI=1S/C16H16O6/c1-8-2-3-11(18)13-7-12(19)16-9(5-15(20)21-8)4-10(17)6-14(16)22-13/h4,6,8,13,17H,2-3,5,7H2,1H3/t8-,13?/m0/s1. The zero-order valence-electron chi connectivity index (χ0n) is 12.1. The Kier molecular flexibility index (Phi) is 3.60. The smallest absolute Gasteiger partial charge is 0.310 e. The quantitative estimate of drug-likeness (QED) is 0.732. The number of esters is 1. The van der Waals surface area contributed by atoms with Crippen molar-refractivity contribution in [2.75, 3.05) is 0 Å². The highest BCUT2D eigenvalue weighted by Gasteiger charge is 2.34. The van der Waals surface area contributed by atoms with Crippen LogP contribution in [-0.2, 0) is 20.7 Å². The van der Waals surface area contributed by atoms with Crippen molar-refractivity contribution in [2.45, 2.75) is 44.8 Å². The molecule has 6 heteroatoms. The highest BCUT2D eigenvalue weighted by molar-refractivity contribution is 6.05. The normalized spacial score (nSPS) is 25.0. The first-order valence-corrected chi connectivity index (χ1v) is 7.22. The Hall–Kier alpha value is -2.37. The summed E-state index contributed by atoms with van der Waals surface area (Å²) in [5.74, 6) is -0.912. The number of ketones is 2. The molecule has 1 aromatic rings. The van der Waals surface area contributed by atoms with Gasteiger partial charge in [-0.1, -0.05) is 0 Å². The minimum atomic E-state index is -0.836. The zero-order valence-corrected chi connectivity index (χ0v) is 12.1. The number of fused-ring (bicyclic) bond motifs is 7. The predicted octanol–water partition coefficient (Wildman–Crippen LogP) is 1.56. The van der Waals surface area contributed by atoms with Gasteiger partial charge in [-0.2, -0.15) is 0 Å². The van der Waals surface area contributed by atoms with Crippen LogP contribution in [0.25, 0.3) is 0 Å². The molecule has 3 heterocycles. The maximum absolute atomic E-state index is 12.3. The number of benzene rings is 1. The van der Waals surface area contributed by atoms with Gasteiger partial charge >= 0.3 is 5.97 Å². The van der Waals surface area contributed by atoms with Gasteiger partial charge in [-0.3, -0.25) is 14.4 Å². The van der Waals surface area contributed by atoms with Gasteiger partial charge in [0.2, 0.25) is 0 Å². The Bertz CT molecular complexity index is 663. The van der Waals surface area contributed by atoms with Crippen LogP contribution in [0.3, 0.4) is 0 Å². The number of Topliss-reactive ketones (excluding diaryl/α,β-unsaturated/α-hetero) is 2. The monoisotopic (exact) mass is 304 g/mol. The van der Waals surface area contributed by atoms with Crippen LogP contribution in [0.1, 0.15) is 42.1 Å². The first-order valence-electron chi connectivity index (χ1n) is 7.22. The Labute approximate surface area is 127 Å². The van der Waals surface area contributed by atoms with Crippen molar-refractivity contribution in [3.05, 3.63) is 23.3 Å². The molecule has 3 aliphatic rings. The SMILES string of the molecule is C[C@H]1CCC(=O)C2CC(=O)c3c(cc(O)cc3O2)CC(=O)O1. The van der Waals surface area contributed by atoms with Crippen LogP contribution in [0.15, 0.2) is 12.1 Å². The van der Waals surface area contributed by atoms with E-state index in [1.807, 2.05) is 0 Å². The van der Waals surface area contributed by atoms with Gasteiger partial charge in [-0.15, -0.1) is 0 Å². The Morgan fingerprint density at radius 3 is 2.73 bits per heavy atom. The van der Waals surface area contributed by atoms with Gasteiger partial charge in [0.1, 0.15) is 11.5 Å². The van der Waals surface area contributed by atoms with E-state index in [9.17, 15) is 19.5 Å². The zero-order chi connectivity index (χ0) is 15.9. The molecular weight excluding hydrogens is 288 g/mol. The summed E-state index contributed by atoms with van der Waals surface area (Å²) in [5.41, 5.74) is 0.621. The van der Waals surface area contributed by atoms with E-state index in [0.717, 1.165) is 0 Å². The number of hydrogen-bond donors (Lipinski definition) is 1. The van der Waals surface area contributed by atoms with Crippen LogP contribution < -0.4 is 4.74 Å². The molecule has 2 atom stereocenters. The Balaban J connectivity index is 2.09. The summed E-state index contributed by atoms with van der Waals surface area (Å²) in [4.78, 5) is 36.5. The molecule has 0 amide bonds. The summed E-state index contributed by atoms with van der Waals surface area (Å²) in [6.07, 6.45) is -0.802. The Morgan fingerprint density at radius 1 is 1.18 bits per heavy atom. The largest absolute Gasteiger partial charge is 0.508 e. The molecule has 0 aliphatic carbocycles.